The maximum atomic E-state index is 10.8. The van der Waals surface area contributed by atoms with Gasteiger partial charge in [-0.05, 0) is 50.5 Å². The van der Waals surface area contributed by atoms with E-state index < -0.39 is 5.60 Å². The summed E-state index contributed by atoms with van der Waals surface area (Å²) in [6, 6.07) is 7.97. The fourth-order valence-electron chi connectivity index (χ4n) is 3.15. The van der Waals surface area contributed by atoms with Gasteiger partial charge in [-0.25, -0.2) is 0 Å². The van der Waals surface area contributed by atoms with E-state index in [-0.39, 0.29) is 0 Å². The van der Waals surface area contributed by atoms with Gasteiger partial charge in [0.15, 0.2) is 0 Å². The molecule has 1 aliphatic heterocycles. The number of pyridine rings is 1. The monoisotopic (exact) mass is 312 g/mol. The van der Waals surface area contributed by atoms with Crippen molar-refractivity contribution in [3.05, 3.63) is 53.1 Å². The molecular weight excluding hydrogens is 288 g/mol. The van der Waals surface area contributed by atoms with Crippen molar-refractivity contribution in [1.82, 2.24) is 20.1 Å². The molecule has 23 heavy (non-hydrogen) atoms. The van der Waals surface area contributed by atoms with Gasteiger partial charge in [-0.1, -0.05) is 6.07 Å². The zero-order valence-corrected chi connectivity index (χ0v) is 13.9. The van der Waals surface area contributed by atoms with Crippen LogP contribution in [0.4, 0.5) is 0 Å². The first-order valence-electron chi connectivity index (χ1n) is 8.19. The highest BCUT2D eigenvalue weighted by Gasteiger charge is 2.32. The number of rotatable bonds is 4. The number of likely N-dealkylation sites (tertiary alicyclic amines) is 1. The lowest BCUT2D eigenvalue weighted by atomic mass is 9.86. The number of piperidine rings is 1. The van der Waals surface area contributed by atoms with Crippen molar-refractivity contribution in [3.63, 3.8) is 0 Å². The molecule has 1 fully saturated rings. The van der Waals surface area contributed by atoms with Crippen LogP contribution in [0.3, 0.4) is 0 Å². The maximum absolute atomic E-state index is 10.8. The first-order valence-corrected chi connectivity index (χ1v) is 8.19. The van der Waals surface area contributed by atoms with Crippen LogP contribution in [0.2, 0.25) is 0 Å². The molecule has 0 bridgehead atoms. The molecule has 3 rings (SSSR count). The van der Waals surface area contributed by atoms with Crippen molar-refractivity contribution in [2.75, 3.05) is 13.1 Å². The second-order valence-corrected chi connectivity index (χ2v) is 6.59. The minimum atomic E-state index is -0.633. The molecule has 122 valence electrons. The third-order valence-corrected chi connectivity index (χ3v) is 4.62. The Morgan fingerprint density at radius 2 is 1.96 bits per heavy atom. The molecule has 2 aromatic rings. The number of aliphatic hydroxyl groups is 1. The summed E-state index contributed by atoms with van der Waals surface area (Å²) in [5, 5.41) is 19.1. The normalized spacial score (nSPS) is 18.0. The first-order chi connectivity index (χ1) is 11.0. The summed E-state index contributed by atoms with van der Waals surface area (Å²) in [7, 11) is 0. The molecule has 5 nitrogen and oxygen atoms in total. The zero-order valence-electron chi connectivity index (χ0n) is 13.9. The molecule has 0 aromatic carbocycles. The highest BCUT2D eigenvalue weighted by atomic mass is 16.3. The Morgan fingerprint density at radius 3 is 2.65 bits per heavy atom. The minimum Gasteiger partial charge on any atom is -0.389 e. The molecule has 0 radical (unpaired) electrons. The summed E-state index contributed by atoms with van der Waals surface area (Å²) in [5.74, 6) is 0. The molecule has 0 aliphatic carbocycles. The molecule has 0 unspecified atom stereocenters. The lowest BCUT2D eigenvalue weighted by Crippen LogP contribution is -2.45. The number of hydrogen-bond donors (Lipinski definition) is 1. The molecule has 3 heterocycles. The van der Waals surface area contributed by atoms with Crippen LogP contribution >= 0.6 is 0 Å². The van der Waals surface area contributed by atoms with Gasteiger partial charge in [0.2, 0.25) is 0 Å². The van der Waals surface area contributed by atoms with Crippen LogP contribution in [0.5, 0.6) is 0 Å². The van der Waals surface area contributed by atoms with Crippen molar-refractivity contribution in [2.45, 2.75) is 45.3 Å². The van der Waals surface area contributed by atoms with Crippen molar-refractivity contribution in [1.29, 1.82) is 0 Å². The number of aromatic nitrogens is 3. The second-order valence-electron chi connectivity index (χ2n) is 6.59. The molecule has 0 amide bonds. The van der Waals surface area contributed by atoms with Gasteiger partial charge in [0, 0.05) is 37.9 Å². The maximum Gasteiger partial charge on any atom is 0.0727 e. The van der Waals surface area contributed by atoms with Gasteiger partial charge < -0.3 is 5.11 Å². The quantitative estimate of drug-likeness (QED) is 0.936. The summed E-state index contributed by atoms with van der Waals surface area (Å²) in [6.45, 7) is 6.64. The molecule has 5 heteroatoms. The molecule has 1 N–H and O–H groups in total. The lowest BCUT2D eigenvalue weighted by Gasteiger charge is -2.38. The van der Waals surface area contributed by atoms with E-state index in [1.165, 1.54) is 5.56 Å². The highest BCUT2D eigenvalue weighted by Crippen LogP contribution is 2.26. The Balaban J connectivity index is 1.58. The standard InChI is InChI=1S/C18H24N4O/c1-14-11-16(15(2)21-20-14)13-22-9-6-18(23,7-10-22)12-17-5-3-4-8-19-17/h3-5,8,11,23H,6-7,9-10,12-13H2,1-2H3. The predicted octanol–water partition coefficient (Wildman–Crippen LogP) is 2.06. The summed E-state index contributed by atoms with van der Waals surface area (Å²) in [6.07, 6.45) is 3.98. The predicted molar refractivity (Wildman–Crippen MR) is 88.9 cm³/mol. The molecule has 2 aromatic heterocycles. The summed E-state index contributed by atoms with van der Waals surface area (Å²) in [5.41, 5.74) is 3.51. The van der Waals surface area contributed by atoms with E-state index >= 15 is 0 Å². The SMILES string of the molecule is Cc1cc(CN2CCC(O)(Cc3ccccn3)CC2)c(C)nn1. The lowest BCUT2D eigenvalue weighted by molar-refractivity contribution is -0.0231. The topological polar surface area (TPSA) is 62.1 Å². The van der Waals surface area contributed by atoms with Crippen LogP contribution in [-0.4, -0.2) is 43.9 Å². The Hall–Kier alpha value is -1.85. The van der Waals surface area contributed by atoms with Gasteiger partial charge in [-0.2, -0.15) is 10.2 Å². The first kappa shape index (κ1) is 16.0. The van der Waals surface area contributed by atoms with Gasteiger partial charge >= 0.3 is 0 Å². The summed E-state index contributed by atoms with van der Waals surface area (Å²) >= 11 is 0. The van der Waals surface area contributed by atoms with Crippen LogP contribution < -0.4 is 0 Å². The second kappa shape index (κ2) is 6.72. The average molecular weight is 312 g/mol. The minimum absolute atomic E-state index is 0.633. The zero-order chi connectivity index (χ0) is 16.3. The van der Waals surface area contributed by atoms with Gasteiger partial charge in [0.25, 0.3) is 0 Å². The largest absolute Gasteiger partial charge is 0.389 e. The van der Waals surface area contributed by atoms with E-state index in [1.807, 2.05) is 32.0 Å². The molecule has 0 saturated carbocycles. The van der Waals surface area contributed by atoms with Crippen LogP contribution in [0.15, 0.2) is 30.5 Å². The van der Waals surface area contributed by atoms with Gasteiger partial charge in [0.05, 0.1) is 17.0 Å². The Morgan fingerprint density at radius 1 is 1.17 bits per heavy atom. The average Bonchev–Trinajstić information content (AvgIpc) is 2.54. The van der Waals surface area contributed by atoms with Crippen LogP contribution in [-0.2, 0) is 13.0 Å². The van der Waals surface area contributed by atoms with Crippen molar-refractivity contribution < 1.29 is 5.11 Å². The van der Waals surface area contributed by atoms with Gasteiger partial charge in [-0.3, -0.25) is 9.88 Å². The number of hydrogen-bond acceptors (Lipinski definition) is 5. The smallest absolute Gasteiger partial charge is 0.0727 e. The molecule has 0 atom stereocenters. The van der Waals surface area contributed by atoms with Crippen LogP contribution in [0, 0.1) is 13.8 Å². The number of nitrogens with zero attached hydrogens (tertiary/aromatic N) is 4. The van der Waals surface area contributed by atoms with Crippen LogP contribution in [0.25, 0.3) is 0 Å². The Bertz CT molecular complexity index is 651. The Kier molecular flexibility index (Phi) is 4.68. The third-order valence-electron chi connectivity index (χ3n) is 4.62. The molecule has 0 spiro atoms. The highest BCUT2D eigenvalue weighted by molar-refractivity contribution is 5.19. The molecular formula is C18H24N4O. The van der Waals surface area contributed by atoms with Gasteiger partial charge in [0.1, 0.15) is 0 Å². The van der Waals surface area contributed by atoms with Crippen molar-refractivity contribution in [3.8, 4) is 0 Å². The van der Waals surface area contributed by atoms with E-state index in [4.69, 9.17) is 0 Å². The van der Waals surface area contributed by atoms with E-state index in [0.717, 1.165) is 49.6 Å². The van der Waals surface area contributed by atoms with Gasteiger partial charge in [-0.15, -0.1) is 0 Å². The molecule has 1 saturated heterocycles. The summed E-state index contributed by atoms with van der Waals surface area (Å²) in [4.78, 5) is 6.72. The third kappa shape index (κ3) is 4.12. The van der Waals surface area contributed by atoms with E-state index in [1.54, 1.807) is 6.20 Å². The van der Waals surface area contributed by atoms with Crippen molar-refractivity contribution in [2.24, 2.45) is 0 Å². The van der Waals surface area contributed by atoms with E-state index in [0.29, 0.717) is 6.42 Å². The summed E-state index contributed by atoms with van der Waals surface area (Å²) < 4.78 is 0. The van der Waals surface area contributed by atoms with E-state index in [2.05, 4.69) is 26.1 Å². The fourth-order valence-corrected chi connectivity index (χ4v) is 3.15. The Labute approximate surface area is 137 Å². The molecule has 1 aliphatic rings. The number of aryl methyl sites for hydroxylation is 2. The van der Waals surface area contributed by atoms with Crippen molar-refractivity contribution >= 4 is 0 Å². The van der Waals surface area contributed by atoms with E-state index in [9.17, 15) is 5.11 Å². The van der Waals surface area contributed by atoms with Crippen LogP contribution in [0.1, 0.15) is 35.5 Å². The fraction of sp³-hybridized carbons (Fsp3) is 0.500.